The molecule has 0 aromatic carbocycles. The molecule has 1 heterocycles. The van der Waals surface area contributed by atoms with Crippen LogP contribution in [0.4, 0.5) is 0 Å². The zero-order chi connectivity index (χ0) is 12.0. The number of likely N-dealkylation sites (N-methyl/N-ethyl adjacent to an activating group) is 1. The van der Waals surface area contributed by atoms with Crippen molar-refractivity contribution >= 4 is 0 Å². The molecule has 90 valence electrons. The summed E-state index contributed by atoms with van der Waals surface area (Å²) in [6.07, 6.45) is 1.86. The third-order valence-electron chi connectivity index (χ3n) is 2.58. The lowest BCUT2D eigenvalue weighted by Crippen LogP contribution is -2.32. The van der Waals surface area contributed by atoms with E-state index in [1.165, 1.54) is 11.3 Å². The first-order chi connectivity index (χ1) is 7.59. The summed E-state index contributed by atoms with van der Waals surface area (Å²) in [6, 6.07) is 4.66. The molecule has 3 nitrogen and oxygen atoms in total. The van der Waals surface area contributed by atoms with Crippen LogP contribution in [0, 0.1) is 6.92 Å². The number of hydrogen-bond acceptors (Lipinski definition) is 3. The first kappa shape index (κ1) is 13.1. The predicted octanol–water partition coefficient (Wildman–Crippen LogP) is 1.82. The van der Waals surface area contributed by atoms with Crippen LogP contribution >= 0.6 is 0 Å². The molecule has 0 amide bonds. The summed E-state index contributed by atoms with van der Waals surface area (Å²) in [5, 5.41) is 3.41. The zero-order valence-electron chi connectivity index (χ0n) is 10.8. The Morgan fingerprint density at radius 2 is 2.19 bits per heavy atom. The molecule has 0 atom stereocenters. The second kappa shape index (κ2) is 6.61. The van der Waals surface area contributed by atoms with E-state index in [1.807, 2.05) is 12.3 Å². The van der Waals surface area contributed by atoms with Crippen LogP contribution in [0.25, 0.3) is 0 Å². The quantitative estimate of drug-likeness (QED) is 0.794. The summed E-state index contributed by atoms with van der Waals surface area (Å²) in [6.45, 7) is 9.45. The highest BCUT2D eigenvalue weighted by molar-refractivity contribution is 5.17. The third kappa shape index (κ3) is 4.73. The second-order valence-electron chi connectivity index (χ2n) is 4.61. The molecule has 1 N–H and O–H groups in total. The van der Waals surface area contributed by atoms with Crippen molar-refractivity contribution in [3.8, 4) is 0 Å². The van der Waals surface area contributed by atoms with E-state index in [9.17, 15) is 0 Å². The smallest absolute Gasteiger partial charge is 0.0572 e. The largest absolute Gasteiger partial charge is 0.313 e. The fraction of sp³-hybridized carbons (Fsp3) is 0.615. The van der Waals surface area contributed by atoms with Gasteiger partial charge in [0.25, 0.3) is 0 Å². The first-order valence-corrected chi connectivity index (χ1v) is 5.92. The van der Waals surface area contributed by atoms with Gasteiger partial charge < -0.3 is 5.32 Å². The van der Waals surface area contributed by atoms with E-state index >= 15 is 0 Å². The normalized spacial score (nSPS) is 11.4. The van der Waals surface area contributed by atoms with Gasteiger partial charge in [-0.1, -0.05) is 19.9 Å². The molecule has 0 saturated carbocycles. The van der Waals surface area contributed by atoms with Crippen LogP contribution in [0.3, 0.4) is 0 Å². The molecule has 0 aliphatic carbocycles. The van der Waals surface area contributed by atoms with Crippen LogP contribution in [-0.4, -0.2) is 36.1 Å². The summed E-state index contributed by atoms with van der Waals surface area (Å²) >= 11 is 0. The average Bonchev–Trinajstić information content (AvgIpc) is 2.21. The second-order valence-corrected chi connectivity index (χ2v) is 4.61. The summed E-state index contributed by atoms with van der Waals surface area (Å²) in [7, 11) is 2.14. The molecule has 3 heteroatoms. The number of aromatic nitrogens is 1. The Bertz CT molecular complexity index is 310. The molecule has 0 fully saturated rings. The number of rotatable bonds is 6. The van der Waals surface area contributed by atoms with Crippen molar-refractivity contribution in [1.82, 2.24) is 15.2 Å². The van der Waals surface area contributed by atoms with E-state index in [0.29, 0.717) is 6.04 Å². The van der Waals surface area contributed by atoms with Gasteiger partial charge in [-0.25, -0.2) is 0 Å². The predicted molar refractivity (Wildman–Crippen MR) is 68.4 cm³/mol. The summed E-state index contributed by atoms with van der Waals surface area (Å²) in [5.41, 5.74) is 2.45. The minimum absolute atomic E-state index is 0.560. The SMILES string of the molecule is Cc1cccnc1CN(C)CCNC(C)C. The molecule has 1 aromatic rings. The van der Waals surface area contributed by atoms with Crippen LogP contribution in [0.5, 0.6) is 0 Å². The molecule has 0 saturated heterocycles. The number of hydrogen-bond donors (Lipinski definition) is 1. The molecule has 0 aliphatic rings. The van der Waals surface area contributed by atoms with E-state index in [1.54, 1.807) is 0 Å². The molecule has 0 bridgehead atoms. The Morgan fingerprint density at radius 3 is 2.81 bits per heavy atom. The van der Waals surface area contributed by atoms with Crippen molar-refractivity contribution in [3.63, 3.8) is 0 Å². The van der Waals surface area contributed by atoms with Gasteiger partial charge in [0.05, 0.1) is 5.69 Å². The van der Waals surface area contributed by atoms with Gasteiger partial charge in [0.2, 0.25) is 0 Å². The molecule has 16 heavy (non-hydrogen) atoms. The Kier molecular flexibility index (Phi) is 5.43. The van der Waals surface area contributed by atoms with E-state index < -0.39 is 0 Å². The summed E-state index contributed by atoms with van der Waals surface area (Å²) in [5.74, 6) is 0. The Morgan fingerprint density at radius 1 is 1.44 bits per heavy atom. The number of nitrogens with one attached hydrogen (secondary N) is 1. The highest BCUT2D eigenvalue weighted by Crippen LogP contribution is 2.05. The van der Waals surface area contributed by atoms with Crippen molar-refractivity contribution in [3.05, 3.63) is 29.6 Å². The molecule has 1 aromatic heterocycles. The highest BCUT2D eigenvalue weighted by atomic mass is 15.1. The van der Waals surface area contributed by atoms with Crippen molar-refractivity contribution in [2.45, 2.75) is 33.4 Å². The van der Waals surface area contributed by atoms with Crippen molar-refractivity contribution in [1.29, 1.82) is 0 Å². The van der Waals surface area contributed by atoms with Crippen molar-refractivity contribution in [2.24, 2.45) is 0 Å². The van der Waals surface area contributed by atoms with Gasteiger partial charge >= 0.3 is 0 Å². The molecular formula is C13H23N3. The Hall–Kier alpha value is -0.930. The van der Waals surface area contributed by atoms with Crippen molar-refractivity contribution < 1.29 is 0 Å². The Labute approximate surface area is 98.9 Å². The van der Waals surface area contributed by atoms with Crippen molar-refractivity contribution in [2.75, 3.05) is 20.1 Å². The number of nitrogens with zero attached hydrogens (tertiary/aromatic N) is 2. The summed E-state index contributed by atoms with van der Waals surface area (Å²) in [4.78, 5) is 6.70. The van der Waals surface area contributed by atoms with Crippen LogP contribution in [0.2, 0.25) is 0 Å². The van der Waals surface area contributed by atoms with Crippen LogP contribution in [0.15, 0.2) is 18.3 Å². The van der Waals surface area contributed by atoms with Gasteiger partial charge in [-0.05, 0) is 25.6 Å². The van der Waals surface area contributed by atoms with Crippen LogP contribution in [0.1, 0.15) is 25.1 Å². The molecule has 1 rings (SSSR count). The molecule has 0 spiro atoms. The van der Waals surface area contributed by atoms with Gasteiger partial charge in [-0.3, -0.25) is 9.88 Å². The topological polar surface area (TPSA) is 28.2 Å². The van der Waals surface area contributed by atoms with E-state index in [4.69, 9.17) is 0 Å². The number of pyridine rings is 1. The maximum Gasteiger partial charge on any atom is 0.0572 e. The monoisotopic (exact) mass is 221 g/mol. The fourth-order valence-electron chi connectivity index (χ4n) is 1.56. The minimum Gasteiger partial charge on any atom is -0.313 e. The molecule has 0 unspecified atom stereocenters. The van der Waals surface area contributed by atoms with Gasteiger partial charge in [-0.2, -0.15) is 0 Å². The van der Waals surface area contributed by atoms with Gasteiger partial charge in [0.15, 0.2) is 0 Å². The molecular weight excluding hydrogens is 198 g/mol. The lowest BCUT2D eigenvalue weighted by atomic mass is 10.2. The first-order valence-electron chi connectivity index (χ1n) is 5.92. The van der Waals surface area contributed by atoms with E-state index in [0.717, 1.165) is 19.6 Å². The third-order valence-corrected chi connectivity index (χ3v) is 2.58. The standard InChI is InChI=1S/C13H23N3/c1-11(2)14-8-9-16(4)10-13-12(3)6-5-7-15-13/h5-7,11,14H,8-10H2,1-4H3. The Balaban J connectivity index is 2.34. The van der Waals surface area contributed by atoms with E-state index in [2.05, 4.69) is 49.1 Å². The lowest BCUT2D eigenvalue weighted by molar-refractivity contribution is 0.316. The van der Waals surface area contributed by atoms with Crippen LogP contribution < -0.4 is 5.32 Å². The highest BCUT2D eigenvalue weighted by Gasteiger charge is 2.03. The molecule has 0 aliphatic heterocycles. The molecule has 0 radical (unpaired) electrons. The summed E-state index contributed by atoms with van der Waals surface area (Å²) < 4.78 is 0. The average molecular weight is 221 g/mol. The maximum absolute atomic E-state index is 4.40. The van der Waals surface area contributed by atoms with Gasteiger partial charge in [0, 0.05) is 31.9 Å². The minimum atomic E-state index is 0.560. The lowest BCUT2D eigenvalue weighted by Gasteiger charge is -2.18. The fourth-order valence-corrected chi connectivity index (χ4v) is 1.56. The number of aryl methyl sites for hydroxylation is 1. The van der Waals surface area contributed by atoms with Crippen LogP contribution in [-0.2, 0) is 6.54 Å². The zero-order valence-corrected chi connectivity index (χ0v) is 10.8. The van der Waals surface area contributed by atoms with Gasteiger partial charge in [0.1, 0.15) is 0 Å². The van der Waals surface area contributed by atoms with Gasteiger partial charge in [-0.15, -0.1) is 0 Å². The van der Waals surface area contributed by atoms with E-state index in [-0.39, 0.29) is 0 Å². The maximum atomic E-state index is 4.40.